The van der Waals surface area contributed by atoms with Crippen molar-refractivity contribution in [1.29, 1.82) is 5.26 Å². The summed E-state index contributed by atoms with van der Waals surface area (Å²) in [5, 5.41) is 13.6. The number of ether oxygens (including phenoxy) is 1. The molecular formula is C12H21N3O3. The Morgan fingerprint density at radius 3 is 2.44 bits per heavy atom. The number of rotatable bonds is 5. The highest BCUT2D eigenvalue weighted by Crippen LogP contribution is 2.07. The molecule has 0 saturated carbocycles. The van der Waals surface area contributed by atoms with E-state index in [1.807, 2.05) is 6.92 Å². The Balaban J connectivity index is 4.08. The average Bonchev–Trinajstić information content (AvgIpc) is 2.22. The fraction of sp³-hybridized carbons (Fsp3) is 0.750. The summed E-state index contributed by atoms with van der Waals surface area (Å²) in [6.07, 6.45) is -0.0292. The topological polar surface area (TPSA) is 91.2 Å². The van der Waals surface area contributed by atoms with E-state index in [0.717, 1.165) is 0 Å². The minimum atomic E-state index is -0.549. The van der Waals surface area contributed by atoms with Crippen LogP contribution in [0, 0.1) is 11.3 Å². The van der Waals surface area contributed by atoms with Gasteiger partial charge in [0, 0.05) is 12.6 Å². The normalized spacial score (nSPS) is 12.2. The van der Waals surface area contributed by atoms with Crippen LogP contribution < -0.4 is 10.6 Å². The van der Waals surface area contributed by atoms with Crippen LogP contribution in [0.4, 0.5) is 4.79 Å². The second-order valence-corrected chi connectivity index (χ2v) is 4.89. The van der Waals surface area contributed by atoms with Crippen LogP contribution >= 0.6 is 0 Å². The number of carbonyl (C=O) groups excluding carboxylic acids is 2. The standard InChI is InChI=1S/C12H21N3O3/c1-5-9(8-14-10(16)6-7-13)15-11(17)18-12(2,3)4/h9H,5-6,8H2,1-4H3,(H,14,16)(H,15,17)/t9-/m1/s1. The number of hydrogen-bond acceptors (Lipinski definition) is 4. The lowest BCUT2D eigenvalue weighted by Crippen LogP contribution is -2.45. The maximum atomic E-state index is 11.5. The van der Waals surface area contributed by atoms with Gasteiger partial charge < -0.3 is 15.4 Å². The van der Waals surface area contributed by atoms with E-state index < -0.39 is 11.7 Å². The average molecular weight is 255 g/mol. The van der Waals surface area contributed by atoms with Crippen molar-refractivity contribution < 1.29 is 14.3 Å². The summed E-state index contributed by atoms with van der Waals surface area (Å²) >= 11 is 0. The van der Waals surface area contributed by atoms with Gasteiger partial charge in [-0.05, 0) is 27.2 Å². The first-order valence-corrected chi connectivity index (χ1v) is 5.91. The molecule has 0 aromatic heterocycles. The van der Waals surface area contributed by atoms with E-state index >= 15 is 0 Å². The van der Waals surface area contributed by atoms with E-state index in [0.29, 0.717) is 6.42 Å². The summed E-state index contributed by atoms with van der Waals surface area (Å²) in [6.45, 7) is 7.52. The molecule has 0 radical (unpaired) electrons. The van der Waals surface area contributed by atoms with Crippen LogP contribution in [0.3, 0.4) is 0 Å². The molecule has 0 heterocycles. The highest BCUT2D eigenvalue weighted by atomic mass is 16.6. The summed E-state index contributed by atoms with van der Waals surface area (Å²) in [5.41, 5.74) is -0.549. The van der Waals surface area contributed by atoms with Crippen LogP contribution in [0.2, 0.25) is 0 Å². The Labute approximate surface area is 108 Å². The van der Waals surface area contributed by atoms with Gasteiger partial charge in [0.05, 0.1) is 6.07 Å². The van der Waals surface area contributed by atoms with Crippen LogP contribution in [-0.4, -0.2) is 30.2 Å². The number of amides is 2. The number of carbonyl (C=O) groups is 2. The second kappa shape index (κ2) is 7.54. The summed E-state index contributed by atoms with van der Waals surface area (Å²) in [6, 6.07) is 1.55. The van der Waals surface area contributed by atoms with Gasteiger partial charge in [-0.15, -0.1) is 0 Å². The van der Waals surface area contributed by atoms with Gasteiger partial charge in [0.1, 0.15) is 12.0 Å². The van der Waals surface area contributed by atoms with Crippen molar-refractivity contribution in [1.82, 2.24) is 10.6 Å². The van der Waals surface area contributed by atoms with E-state index in [-0.39, 0.29) is 24.9 Å². The summed E-state index contributed by atoms with van der Waals surface area (Å²) in [4.78, 5) is 22.6. The third kappa shape index (κ3) is 8.39. The summed E-state index contributed by atoms with van der Waals surface area (Å²) in [5.74, 6) is -0.345. The molecule has 0 spiro atoms. The Morgan fingerprint density at radius 1 is 1.39 bits per heavy atom. The first-order chi connectivity index (χ1) is 8.28. The van der Waals surface area contributed by atoms with Crippen molar-refractivity contribution in [3.63, 3.8) is 0 Å². The first-order valence-electron chi connectivity index (χ1n) is 5.91. The lowest BCUT2D eigenvalue weighted by Gasteiger charge is -2.23. The molecule has 2 amide bonds. The van der Waals surface area contributed by atoms with Crippen molar-refractivity contribution in [2.24, 2.45) is 0 Å². The SMILES string of the molecule is CC[C@H](CNC(=O)CC#N)NC(=O)OC(C)(C)C. The third-order valence-electron chi connectivity index (χ3n) is 2.00. The summed E-state index contributed by atoms with van der Waals surface area (Å²) < 4.78 is 5.11. The smallest absolute Gasteiger partial charge is 0.407 e. The highest BCUT2D eigenvalue weighted by Gasteiger charge is 2.18. The zero-order chi connectivity index (χ0) is 14.2. The Morgan fingerprint density at radius 2 is 2.00 bits per heavy atom. The van der Waals surface area contributed by atoms with E-state index in [1.54, 1.807) is 26.8 Å². The number of nitriles is 1. The minimum Gasteiger partial charge on any atom is -0.444 e. The van der Waals surface area contributed by atoms with Crippen LogP contribution in [0.1, 0.15) is 40.5 Å². The van der Waals surface area contributed by atoms with Gasteiger partial charge in [-0.2, -0.15) is 5.26 Å². The predicted molar refractivity (Wildman–Crippen MR) is 66.7 cm³/mol. The number of alkyl carbamates (subject to hydrolysis) is 1. The molecule has 0 aromatic rings. The molecule has 102 valence electrons. The fourth-order valence-electron chi connectivity index (χ4n) is 1.14. The Hall–Kier alpha value is -1.77. The molecule has 0 bridgehead atoms. The van der Waals surface area contributed by atoms with Crippen molar-refractivity contribution in [2.75, 3.05) is 6.54 Å². The molecule has 6 heteroatoms. The number of hydrogen-bond donors (Lipinski definition) is 2. The lowest BCUT2D eigenvalue weighted by atomic mass is 10.2. The van der Waals surface area contributed by atoms with Gasteiger partial charge in [0.15, 0.2) is 0 Å². The molecule has 0 rings (SSSR count). The van der Waals surface area contributed by atoms with Gasteiger partial charge in [-0.25, -0.2) is 4.79 Å². The zero-order valence-corrected chi connectivity index (χ0v) is 11.4. The zero-order valence-electron chi connectivity index (χ0n) is 11.4. The van der Waals surface area contributed by atoms with Crippen molar-refractivity contribution in [3.05, 3.63) is 0 Å². The number of nitrogens with zero attached hydrogens (tertiary/aromatic N) is 1. The van der Waals surface area contributed by atoms with E-state index in [2.05, 4.69) is 10.6 Å². The quantitative estimate of drug-likeness (QED) is 0.775. The third-order valence-corrected chi connectivity index (χ3v) is 2.00. The van der Waals surface area contributed by atoms with Crippen molar-refractivity contribution in [3.8, 4) is 6.07 Å². The van der Waals surface area contributed by atoms with Crippen molar-refractivity contribution >= 4 is 12.0 Å². The Kier molecular flexibility index (Phi) is 6.79. The van der Waals surface area contributed by atoms with E-state index in [1.165, 1.54) is 0 Å². The summed E-state index contributed by atoms with van der Waals surface area (Å²) in [7, 11) is 0. The molecule has 1 atom stereocenters. The monoisotopic (exact) mass is 255 g/mol. The Bertz CT molecular complexity index is 328. The van der Waals surface area contributed by atoms with Crippen molar-refractivity contribution in [2.45, 2.75) is 52.2 Å². The maximum Gasteiger partial charge on any atom is 0.407 e. The van der Waals surface area contributed by atoms with Crippen LogP contribution in [0.25, 0.3) is 0 Å². The number of nitrogens with one attached hydrogen (secondary N) is 2. The molecule has 0 unspecified atom stereocenters. The molecule has 0 aromatic carbocycles. The van der Waals surface area contributed by atoms with Crippen LogP contribution in [-0.2, 0) is 9.53 Å². The molecule has 2 N–H and O–H groups in total. The van der Waals surface area contributed by atoms with Gasteiger partial charge in [-0.3, -0.25) is 4.79 Å². The predicted octanol–water partition coefficient (Wildman–Crippen LogP) is 1.32. The highest BCUT2D eigenvalue weighted by molar-refractivity contribution is 5.78. The van der Waals surface area contributed by atoms with E-state index in [4.69, 9.17) is 10.00 Å². The lowest BCUT2D eigenvalue weighted by molar-refractivity contribution is -0.120. The molecule has 0 saturated heterocycles. The molecule has 0 aliphatic carbocycles. The minimum absolute atomic E-state index is 0.178. The van der Waals surface area contributed by atoms with E-state index in [9.17, 15) is 9.59 Å². The maximum absolute atomic E-state index is 11.5. The molecule has 0 aliphatic heterocycles. The fourth-order valence-corrected chi connectivity index (χ4v) is 1.14. The molecule has 0 aliphatic rings. The molecular weight excluding hydrogens is 234 g/mol. The van der Waals surface area contributed by atoms with Crippen LogP contribution in [0.15, 0.2) is 0 Å². The first kappa shape index (κ1) is 16.2. The molecule has 18 heavy (non-hydrogen) atoms. The van der Waals surface area contributed by atoms with Gasteiger partial charge in [0.25, 0.3) is 0 Å². The largest absolute Gasteiger partial charge is 0.444 e. The van der Waals surface area contributed by atoms with Gasteiger partial charge in [-0.1, -0.05) is 6.92 Å². The van der Waals surface area contributed by atoms with Gasteiger partial charge in [0.2, 0.25) is 5.91 Å². The molecule has 0 fully saturated rings. The van der Waals surface area contributed by atoms with Crippen LogP contribution in [0.5, 0.6) is 0 Å². The molecule has 6 nitrogen and oxygen atoms in total. The van der Waals surface area contributed by atoms with Gasteiger partial charge >= 0.3 is 6.09 Å². The second-order valence-electron chi connectivity index (χ2n) is 4.89.